The fourth-order valence-electron chi connectivity index (χ4n) is 4.24. The molecule has 0 fully saturated rings. The molecule has 0 radical (unpaired) electrons. The number of pyridine rings is 1. The number of ether oxygens (including phenoxy) is 3. The van der Waals surface area contributed by atoms with Gasteiger partial charge < -0.3 is 24.4 Å². The topological polar surface area (TPSA) is 81.6 Å². The summed E-state index contributed by atoms with van der Waals surface area (Å²) >= 11 is 0. The average Bonchev–Trinajstić information content (AvgIpc) is 2.99. The normalized spacial score (nSPS) is 10.9. The lowest BCUT2D eigenvalue weighted by Gasteiger charge is -2.23. The van der Waals surface area contributed by atoms with E-state index in [1.165, 1.54) is 0 Å². The van der Waals surface area contributed by atoms with E-state index in [2.05, 4.69) is 56.6 Å². The van der Waals surface area contributed by atoms with Gasteiger partial charge in [-0.25, -0.2) is 4.98 Å². The van der Waals surface area contributed by atoms with Crippen molar-refractivity contribution in [3.05, 3.63) is 103 Å². The van der Waals surface area contributed by atoms with E-state index in [0.717, 1.165) is 28.0 Å². The maximum Gasteiger partial charge on any atom is 0.229 e. The Morgan fingerprint density at radius 1 is 0.821 bits per heavy atom. The van der Waals surface area contributed by atoms with E-state index in [4.69, 9.17) is 19.2 Å². The Kier molecular flexibility index (Phi) is 7.83. The van der Waals surface area contributed by atoms with Gasteiger partial charge >= 0.3 is 0 Å². The predicted molar refractivity (Wildman–Crippen MR) is 156 cm³/mol. The van der Waals surface area contributed by atoms with E-state index in [0.29, 0.717) is 35.4 Å². The molecule has 8 nitrogen and oxygen atoms in total. The lowest BCUT2D eigenvalue weighted by molar-refractivity contribution is 0.324. The first kappa shape index (κ1) is 25.5. The van der Waals surface area contributed by atoms with Gasteiger partial charge in [0.05, 0.1) is 38.7 Å². The third kappa shape index (κ3) is 5.91. The minimum absolute atomic E-state index is 0.424. The second kappa shape index (κ2) is 12.0. The van der Waals surface area contributed by atoms with Crippen molar-refractivity contribution in [3.63, 3.8) is 0 Å². The highest BCUT2D eigenvalue weighted by atomic mass is 16.5. The zero-order valence-electron chi connectivity index (χ0n) is 22.0. The quantitative estimate of drug-likeness (QED) is 0.220. The molecule has 0 unspecified atom stereocenters. The van der Waals surface area contributed by atoms with E-state index in [1.54, 1.807) is 27.5 Å². The summed E-state index contributed by atoms with van der Waals surface area (Å²) in [5, 5.41) is 4.32. The van der Waals surface area contributed by atoms with Gasteiger partial charge in [-0.2, -0.15) is 4.98 Å². The van der Waals surface area contributed by atoms with Gasteiger partial charge in [-0.05, 0) is 23.8 Å². The number of anilines is 4. The van der Waals surface area contributed by atoms with Crippen molar-refractivity contribution in [3.8, 4) is 17.2 Å². The second-order valence-electron chi connectivity index (χ2n) is 8.59. The number of benzene rings is 3. The zero-order chi connectivity index (χ0) is 27.0. The smallest absolute Gasteiger partial charge is 0.229 e. The summed E-state index contributed by atoms with van der Waals surface area (Å²) in [6.07, 6.45) is 7.80. The molecule has 0 saturated carbocycles. The molecule has 0 amide bonds. The maximum absolute atomic E-state index is 5.48. The first-order valence-corrected chi connectivity index (χ1v) is 12.4. The van der Waals surface area contributed by atoms with Crippen LogP contribution < -0.4 is 24.4 Å². The molecule has 5 rings (SSSR count). The largest absolute Gasteiger partial charge is 0.493 e. The predicted octanol–water partition coefficient (Wildman–Crippen LogP) is 6.65. The Morgan fingerprint density at radius 3 is 2.31 bits per heavy atom. The van der Waals surface area contributed by atoms with Crippen molar-refractivity contribution in [2.24, 2.45) is 0 Å². The van der Waals surface area contributed by atoms with E-state index >= 15 is 0 Å². The Bertz CT molecular complexity index is 1570. The standard InChI is InChI=1S/C31H29N5O3/c1-37-27-19-24(20-28(38-2)30(27)39-3)34-31-32-16-15-29(35-31)36(17-9-12-22-10-5-4-6-11-22)25-18-23-13-7-8-14-26(23)33-21-25/h4-16,18-21H,17H2,1-3H3,(H,32,34,35). The molecule has 3 aromatic carbocycles. The first-order chi connectivity index (χ1) is 19.2. The molecule has 39 heavy (non-hydrogen) atoms. The number of nitrogens with zero attached hydrogens (tertiary/aromatic N) is 4. The minimum atomic E-state index is 0.424. The van der Waals surface area contributed by atoms with Crippen molar-refractivity contribution >= 4 is 40.1 Å². The van der Waals surface area contributed by atoms with Crippen molar-refractivity contribution in [2.45, 2.75) is 0 Å². The molecule has 0 bridgehead atoms. The highest BCUT2D eigenvalue weighted by Gasteiger charge is 2.16. The molecule has 2 aromatic heterocycles. The van der Waals surface area contributed by atoms with Crippen LogP contribution in [0.25, 0.3) is 17.0 Å². The summed E-state index contributed by atoms with van der Waals surface area (Å²) in [5.41, 5.74) is 3.68. The molecule has 0 saturated heterocycles. The number of hydrogen-bond donors (Lipinski definition) is 1. The number of methoxy groups -OCH3 is 3. The Balaban J connectivity index is 1.49. The van der Waals surface area contributed by atoms with Gasteiger partial charge in [-0.3, -0.25) is 4.98 Å². The number of aromatic nitrogens is 3. The summed E-state index contributed by atoms with van der Waals surface area (Å²) in [4.78, 5) is 16.1. The van der Waals surface area contributed by atoms with E-state index in [-0.39, 0.29) is 0 Å². The van der Waals surface area contributed by atoms with Crippen LogP contribution in [0.4, 0.5) is 23.1 Å². The SMILES string of the molecule is COc1cc(Nc2nccc(N(CC=Cc3ccccc3)c3cnc4ccccc4c3)n2)cc(OC)c1OC. The fourth-order valence-corrected chi connectivity index (χ4v) is 4.24. The molecule has 196 valence electrons. The van der Waals surface area contributed by atoms with Gasteiger partial charge in [0.1, 0.15) is 5.82 Å². The van der Waals surface area contributed by atoms with Crippen molar-refractivity contribution < 1.29 is 14.2 Å². The van der Waals surface area contributed by atoms with Crippen LogP contribution in [0.1, 0.15) is 5.56 Å². The third-order valence-corrected chi connectivity index (χ3v) is 6.12. The van der Waals surface area contributed by atoms with Crippen LogP contribution in [0.5, 0.6) is 17.2 Å². The van der Waals surface area contributed by atoms with Crippen molar-refractivity contribution in [2.75, 3.05) is 38.1 Å². The van der Waals surface area contributed by atoms with Crippen LogP contribution in [-0.2, 0) is 0 Å². The van der Waals surface area contributed by atoms with Crippen LogP contribution in [0.2, 0.25) is 0 Å². The van der Waals surface area contributed by atoms with Crippen LogP contribution in [0.15, 0.2) is 97.3 Å². The Hall–Kier alpha value is -5.11. The van der Waals surface area contributed by atoms with Crippen LogP contribution >= 0.6 is 0 Å². The van der Waals surface area contributed by atoms with Gasteiger partial charge in [0.2, 0.25) is 11.7 Å². The zero-order valence-corrected chi connectivity index (χ0v) is 22.0. The number of nitrogens with one attached hydrogen (secondary N) is 1. The molecule has 2 heterocycles. The number of fused-ring (bicyclic) bond motifs is 1. The number of rotatable bonds is 10. The van der Waals surface area contributed by atoms with Gasteiger partial charge in [-0.15, -0.1) is 0 Å². The highest BCUT2D eigenvalue weighted by molar-refractivity contribution is 5.83. The van der Waals surface area contributed by atoms with Crippen LogP contribution in [0, 0.1) is 0 Å². The molecule has 0 spiro atoms. The van der Waals surface area contributed by atoms with Gasteiger partial charge in [0.15, 0.2) is 11.5 Å². The molecule has 5 aromatic rings. The summed E-state index contributed by atoms with van der Waals surface area (Å²) in [5.74, 6) is 2.72. The second-order valence-corrected chi connectivity index (χ2v) is 8.59. The molecular weight excluding hydrogens is 490 g/mol. The molecule has 0 aliphatic carbocycles. The molecule has 0 atom stereocenters. The van der Waals surface area contributed by atoms with E-state index in [9.17, 15) is 0 Å². The first-order valence-electron chi connectivity index (χ1n) is 12.4. The maximum atomic E-state index is 5.48. The van der Waals surface area contributed by atoms with Gasteiger partial charge in [-0.1, -0.05) is 60.7 Å². The summed E-state index contributed by atoms with van der Waals surface area (Å²) in [6.45, 7) is 0.579. The fraction of sp³-hybridized carbons (Fsp3) is 0.129. The monoisotopic (exact) mass is 519 g/mol. The number of hydrogen-bond acceptors (Lipinski definition) is 8. The lowest BCUT2D eigenvalue weighted by Crippen LogP contribution is -2.19. The Labute approximate surface area is 227 Å². The Morgan fingerprint density at radius 2 is 1.56 bits per heavy atom. The summed E-state index contributed by atoms with van der Waals surface area (Å²) in [7, 11) is 4.73. The van der Waals surface area contributed by atoms with E-state index in [1.807, 2.05) is 60.8 Å². The highest BCUT2D eigenvalue weighted by Crippen LogP contribution is 2.40. The summed E-state index contributed by atoms with van der Waals surface area (Å²) < 4.78 is 16.4. The molecule has 8 heteroatoms. The number of para-hydroxylation sites is 1. The molecule has 0 aliphatic rings. The lowest BCUT2D eigenvalue weighted by atomic mass is 10.2. The van der Waals surface area contributed by atoms with Gasteiger partial charge in [0.25, 0.3) is 0 Å². The molecule has 0 aliphatic heterocycles. The summed E-state index contributed by atoms with van der Waals surface area (Å²) in [6, 6.07) is 25.9. The van der Waals surface area contributed by atoms with Crippen molar-refractivity contribution in [1.82, 2.24) is 15.0 Å². The third-order valence-electron chi connectivity index (χ3n) is 6.12. The van der Waals surface area contributed by atoms with Crippen LogP contribution in [0.3, 0.4) is 0 Å². The van der Waals surface area contributed by atoms with Gasteiger partial charge in [0, 0.05) is 35.9 Å². The molecular formula is C31H29N5O3. The van der Waals surface area contributed by atoms with Crippen LogP contribution in [-0.4, -0.2) is 42.8 Å². The van der Waals surface area contributed by atoms with Crippen molar-refractivity contribution in [1.29, 1.82) is 0 Å². The van der Waals surface area contributed by atoms with E-state index < -0.39 is 0 Å². The minimum Gasteiger partial charge on any atom is -0.493 e. The molecule has 1 N–H and O–H groups in total. The average molecular weight is 520 g/mol.